The molecule has 0 aliphatic carbocycles. The average molecular weight is 272 g/mol. The van der Waals surface area contributed by atoms with Crippen molar-refractivity contribution >= 4 is 5.69 Å². The van der Waals surface area contributed by atoms with Crippen molar-refractivity contribution in [3.8, 4) is 0 Å². The van der Waals surface area contributed by atoms with Crippen LogP contribution in [-0.2, 0) is 0 Å². The Bertz CT molecular complexity index is 528. The molecule has 0 amide bonds. The van der Waals surface area contributed by atoms with Gasteiger partial charge in [0.25, 0.3) is 0 Å². The molecule has 0 saturated carbocycles. The molecule has 0 radical (unpaired) electrons. The summed E-state index contributed by atoms with van der Waals surface area (Å²) >= 11 is 0. The summed E-state index contributed by atoms with van der Waals surface area (Å²) in [4.78, 5) is 2.03. The van der Waals surface area contributed by atoms with E-state index in [4.69, 9.17) is 5.73 Å². The van der Waals surface area contributed by atoms with Crippen LogP contribution in [-0.4, -0.2) is 13.1 Å². The zero-order chi connectivity index (χ0) is 14.4. The maximum Gasteiger partial charge on any atom is 0.146 e. The number of para-hydroxylation sites is 1. The van der Waals surface area contributed by atoms with E-state index in [9.17, 15) is 4.39 Å². The summed E-state index contributed by atoms with van der Waals surface area (Å²) in [6, 6.07) is 16.9. The largest absolute Gasteiger partial charge is 0.369 e. The summed E-state index contributed by atoms with van der Waals surface area (Å²) in [5.41, 5.74) is 7.96. The standard InChI is InChI=1S/C17H21FN2/c1-2-20(17-11-7-6-10-15(17)18)13-12-16(19)14-8-4-3-5-9-14/h3-11,16H,2,12-13,19H2,1H3. The lowest BCUT2D eigenvalue weighted by Gasteiger charge is -2.25. The van der Waals surface area contributed by atoms with Crippen molar-refractivity contribution in [1.29, 1.82) is 0 Å². The monoisotopic (exact) mass is 272 g/mol. The quantitative estimate of drug-likeness (QED) is 0.868. The van der Waals surface area contributed by atoms with Crippen LogP contribution < -0.4 is 10.6 Å². The minimum absolute atomic E-state index is 0.0166. The van der Waals surface area contributed by atoms with E-state index < -0.39 is 0 Å². The SMILES string of the molecule is CCN(CCC(N)c1ccccc1)c1ccccc1F. The van der Waals surface area contributed by atoms with Crippen molar-refractivity contribution < 1.29 is 4.39 Å². The second kappa shape index (κ2) is 7.06. The summed E-state index contributed by atoms with van der Waals surface area (Å²) in [7, 11) is 0. The zero-order valence-corrected chi connectivity index (χ0v) is 11.8. The molecule has 20 heavy (non-hydrogen) atoms. The van der Waals surface area contributed by atoms with Crippen LogP contribution in [0.2, 0.25) is 0 Å². The Hall–Kier alpha value is -1.87. The Kier molecular flexibility index (Phi) is 5.13. The maximum absolute atomic E-state index is 13.8. The molecule has 106 valence electrons. The lowest BCUT2D eigenvalue weighted by Crippen LogP contribution is -2.27. The van der Waals surface area contributed by atoms with Crippen LogP contribution in [0.25, 0.3) is 0 Å². The highest BCUT2D eigenvalue weighted by Gasteiger charge is 2.12. The van der Waals surface area contributed by atoms with E-state index in [2.05, 4.69) is 0 Å². The molecule has 0 bridgehead atoms. The van der Waals surface area contributed by atoms with E-state index in [1.807, 2.05) is 54.3 Å². The molecule has 2 nitrogen and oxygen atoms in total. The number of nitrogens with zero attached hydrogens (tertiary/aromatic N) is 1. The molecule has 1 unspecified atom stereocenters. The van der Waals surface area contributed by atoms with E-state index in [0.29, 0.717) is 5.69 Å². The van der Waals surface area contributed by atoms with Gasteiger partial charge in [0.15, 0.2) is 0 Å². The number of rotatable bonds is 6. The fourth-order valence-corrected chi connectivity index (χ4v) is 2.32. The van der Waals surface area contributed by atoms with Gasteiger partial charge in [0.2, 0.25) is 0 Å². The number of benzene rings is 2. The van der Waals surface area contributed by atoms with Gasteiger partial charge >= 0.3 is 0 Å². The maximum atomic E-state index is 13.8. The third kappa shape index (κ3) is 3.58. The van der Waals surface area contributed by atoms with Crippen LogP contribution in [0.3, 0.4) is 0 Å². The molecular weight excluding hydrogens is 251 g/mol. The van der Waals surface area contributed by atoms with Crippen molar-refractivity contribution in [2.45, 2.75) is 19.4 Å². The van der Waals surface area contributed by atoms with E-state index in [1.165, 1.54) is 6.07 Å². The van der Waals surface area contributed by atoms with Gasteiger partial charge in [-0.25, -0.2) is 4.39 Å². The van der Waals surface area contributed by atoms with Crippen LogP contribution in [0.15, 0.2) is 54.6 Å². The molecule has 0 saturated heterocycles. The van der Waals surface area contributed by atoms with Crippen LogP contribution in [0.1, 0.15) is 24.9 Å². The lowest BCUT2D eigenvalue weighted by molar-refractivity contribution is 0.598. The van der Waals surface area contributed by atoms with E-state index >= 15 is 0 Å². The zero-order valence-electron chi connectivity index (χ0n) is 11.8. The molecule has 0 aromatic heterocycles. The second-order valence-electron chi connectivity index (χ2n) is 4.84. The van der Waals surface area contributed by atoms with Crippen LogP contribution in [0.5, 0.6) is 0 Å². The number of hydrogen-bond acceptors (Lipinski definition) is 2. The predicted molar refractivity (Wildman–Crippen MR) is 82.3 cm³/mol. The van der Waals surface area contributed by atoms with E-state index in [1.54, 1.807) is 6.07 Å². The van der Waals surface area contributed by atoms with E-state index in [0.717, 1.165) is 25.1 Å². The third-order valence-corrected chi connectivity index (χ3v) is 3.51. The first-order chi connectivity index (χ1) is 9.72. The molecule has 0 heterocycles. The van der Waals surface area contributed by atoms with Gasteiger partial charge in [-0.1, -0.05) is 42.5 Å². The number of hydrogen-bond donors (Lipinski definition) is 1. The van der Waals surface area contributed by atoms with Gasteiger partial charge in [-0.3, -0.25) is 0 Å². The molecule has 2 rings (SSSR count). The number of halogens is 1. The first-order valence-corrected chi connectivity index (χ1v) is 7.02. The highest BCUT2D eigenvalue weighted by molar-refractivity contribution is 5.47. The lowest BCUT2D eigenvalue weighted by atomic mass is 10.0. The molecule has 3 heteroatoms. The van der Waals surface area contributed by atoms with Crippen molar-refractivity contribution in [2.24, 2.45) is 5.73 Å². The van der Waals surface area contributed by atoms with Crippen molar-refractivity contribution in [2.75, 3.05) is 18.0 Å². The average Bonchev–Trinajstić information content (AvgIpc) is 2.50. The molecule has 2 aromatic rings. The molecule has 0 spiro atoms. The first-order valence-electron chi connectivity index (χ1n) is 7.02. The fraction of sp³-hybridized carbons (Fsp3) is 0.294. The molecule has 2 aromatic carbocycles. The molecule has 0 aliphatic rings. The smallest absolute Gasteiger partial charge is 0.146 e. The molecule has 1 atom stereocenters. The van der Waals surface area contributed by atoms with Crippen molar-refractivity contribution in [1.82, 2.24) is 0 Å². The Morgan fingerprint density at radius 1 is 1.05 bits per heavy atom. The summed E-state index contributed by atoms with van der Waals surface area (Å²) in [5, 5.41) is 0. The Morgan fingerprint density at radius 2 is 1.70 bits per heavy atom. The molecular formula is C17H21FN2. The Morgan fingerprint density at radius 3 is 2.35 bits per heavy atom. The highest BCUT2D eigenvalue weighted by Crippen LogP contribution is 2.21. The van der Waals surface area contributed by atoms with Gasteiger partial charge < -0.3 is 10.6 Å². The summed E-state index contributed by atoms with van der Waals surface area (Å²) < 4.78 is 13.8. The fourth-order valence-electron chi connectivity index (χ4n) is 2.32. The summed E-state index contributed by atoms with van der Waals surface area (Å²) in [6.07, 6.45) is 0.798. The summed E-state index contributed by atoms with van der Waals surface area (Å²) in [6.45, 7) is 3.54. The Labute approximate surface area is 120 Å². The Balaban J connectivity index is 2.00. The minimum atomic E-state index is -0.178. The molecule has 2 N–H and O–H groups in total. The second-order valence-corrected chi connectivity index (χ2v) is 4.84. The van der Waals surface area contributed by atoms with Crippen LogP contribution >= 0.6 is 0 Å². The number of anilines is 1. The van der Waals surface area contributed by atoms with Gasteiger partial charge in [-0.05, 0) is 31.0 Å². The first kappa shape index (κ1) is 14.5. The minimum Gasteiger partial charge on any atom is -0.369 e. The molecule has 0 aliphatic heterocycles. The van der Waals surface area contributed by atoms with Crippen molar-refractivity contribution in [3.63, 3.8) is 0 Å². The van der Waals surface area contributed by atoms with Gasteiger partial charge in [0, 0.05) is 19.1 Å². The van der Waals surface area contributed by atoms with Gasteiger partial charge in [-0.15, -0.1) is 0 Å². The van der Waals surface area contributed by atoms with Gasteiger partial charge in [-0.2, -0.15) is 0 Å². The summed E-state index contributed by atoms with van der Waals surface area (Å²) in [5.74, 6) is -0.178. The predicted octanol–water partition coefficient (Wildman–Crippen LogP) is 3.74. The highest BCUT2D eigenvalue weighted by atomic mass is 19.1. The third-order valence-electron chi connectivity index (χ3n) is 3.51. The van der Waals surface area contributed by atoms with Gasteiger partial charge in [0.1, 0.15) is 5.82 Å². The van der Waals surface area contributed by atoms with Crippen LogP contribution in [0, 0.1) is 5.82 Å². The molecule has 0 fully saturated rings. The van der Waals surface area contributed by atoms with Gasteiger partial charge in [0.05, 0.1) is 5.69 Å². The topological polar surface area (TPSA) is 29.3 Å². The normalized spacial score (nSPS) is 12.2. The number of nitrogens with two attached hydrogens (primary N) is 1. The van der Waals surface area contributed by atoms with Crippen molar-refractivity contribution in [3.05, 3.63) is 66.0 Å². The van der Waals surface area contributed by atoms with Crippen LogP contribution in [0.4, 0.5) is 10.1 Å². The van der Waals surface area contributed by atoms with E-state index in [-0.39, 0.29) is 11.9 Å².